The lowest BCUT2D eigenvalue weighted by Crippen LogP contribution is -2.31. The van der Waals surface area contributed by atoms with Crippen molar-refractivity contribution in [3.63, 3.8) is 0 Å². The number of amides is 1. The number of carbonyl (C=O) groups excluding carboxylic acids is 1. The maximum absolute atomic E-state index is 12.7. The molecule has 0 spiro atoms. The number of imidazole rings is 1. The van der Waals surface area contributed by atoms with E-state index in [2.05, 4.69) is 35.8 Å². The molecule has 0 radical (unpaired) electrons. The fraction of sp³-hybridized carbons (Fsp3) is 0.200. The van der Waals surface area contributed by atoms with Crippen LogP contribution in [0.3, 0.4) is 0 Å². The Balaban J connectivity index is 1.30. The quantitative estimate of drug-likeness (QED) is 0.148. The molecule has 1 aliphatic rings. The van der Waals surface area contributed by atoms with Crippen LogP contribution >= 0.6 is 0 Å². The molecule has 43 heavy (non-hydrogen) atoms. The Bertz CT molecular complexity index is 1810. The Kier molecular flexibility index (Phi) is 8.00. The van der Waals surface area contributed by atoms with Gasteiger partial charge in [0, 0.05) is 31.4 Å². The summed E-state index contributed by atoms with van der Waals surface area (Å²) in [6, 6.07) is 31.3. The number of benzene rings is 4. The first-order valence-corrected chi connectivity index (χ1v) is 14.5. The van der Waals surface area contributed by atoms with Crippen LogP contribution in [0.25, 0.3) is 22.2 Å². The second-order valence-electron chi connectivity index (χ2n) is 10.6. The molecule has 0 saturated heterocycles. The van der Waals surface area contributed by atoms with Gasteiger partial charge in [0.2, 0.25) is 5.91 Å². The SMILES string of the molecule is CCCc1nc2ccc(C3=NN(Cc4ccccc4)C(=O)CC3)cc2n1Cc1ccc(-c2ccccc2OC(=O)O)cc1. The average Bonchev–Trinajstić information content (AvgIpc) is 3.35. The number of carbonyl (C=O) groups is 2. The van der Waals surface area contributed by atoms with Gasteiger partial charge in [0.1, 0.15) is 11.6 Å². The molecule has 1 amide bonds. The lowest BCUT2D eigenvalue weighted by atomic mass is 10.0. The highest BCUT2D eigenvalue weighted by Crippen LogP contribution is 2.31. The summed E-state index contributed by atoms with van der Waals surface area (Å²) in [5.41, 5.74) is 7.57. The molecule has 8 nitrogen and oxygen atoms in total. The van der Waals surface area contributed by atoms with Gasteiger partial charge in [0.25, 0.3) is 0 Å². The van der Waals surface area contributed by atoms with Crippen LogP contribution in [0.4, 0.5) is 4.79 Å². The minimum atomic E-state index is -1.34. The Morgan fingerprint density at radius 2 is 1.58 bits per heavy atom. The molecule has 0 aliphatic carbocycles. The number of carboxylic acid groups (broad SMARTS) is 1. The first-order chi connectivity index (χ1) is 21.0. The van der Waals surface area contributed by atoms with E-state index in [-0.39, 0.29) is 5.91 Å². The van der Waals surface area contributed by atoms with E-state index < -0.39 is 6.16 Å². The highest BCUT2D eigenvalue weighted by molar-refractivity contribution is 6.05. The van der Waals surface area contributed by atoms with Gasteiger partial charge in [-0.3, -0.25) is 4.79 Å². The summed E-state index contributed by atoms with van der Waals surface area (Å²) in [4.78, 5) is 28.8. The zero-order chi connectivity index (χ0) is 29.8. The first kappa shape index (κ1) is 27.9. The minimum absolute atomic E-state index is 0.0320. The van der Waals surface area contributed by atoms with E-state index in [4.69, 9.17) is 19.9 Å². The van der Waals surface area contributed by atoms with Crippen LogP contribution in [0.15, 0.2) is 102 Å². The third-order valence-electron chi connectivity index (χ3n) is 7.60. The number of hydrogen-bond donors (Lipinski definition) is 1. The van der Waals surface area contributed by atoms with E-state index in [1.807, 2.05) is 60.7 Å². The van der Waals surface area contributed by atoms with Gasteiger partial charge in [-0.25, -0.2) is 14.8 Å². The van der Waals surface area contributed by atoms with Crippen molar-refractivity contribution in [2.24, 2.45) is 5.10 Å². The van der Waals surface area contributed by atoms with Crippen LogP contribution in [0.1, 0.15) is 48.7 Å². The number of hydrazone groups is 1. The van der Waals surface area contributed by atoms with Crippen LogP contribution in [-0.4, -0.2) is 37.4 Å². The molecule has 0 bridgehead atoms. The van der Waals surface area contributed by atoms with Crippen molar-refractivity contribution >= 4 is 28.8 Å². The zero-order valence-electron chi connectivity index (χ0n) is 23.9. The second kappa shape index (κ2) is 12.3. The lowest BCUT2D eigenvalue weighted by Gasteiger charge is -2.24. The Labute approximate surface area is 249 Å². The zero-order valence-corrected chi connectivity index (χ0v) is 23.9. The van der Waals surface area contributed by atoms with Gasteiger partial charge in [-0.1, -0.05) is 85.8 Å². The molecule has 1 N–H and O–H groups in total. The van der Waals surface area contributed by atoms with E-state index >= 15 is 0 Å². The van der Waals surface area contributed by atoms with Gasteiger partial charge < -0.3 is 14.4 Å². The van der Waals surface area contributed by atoms with Crippen molar-refractivity contribution in [1.29, 1.82) is 0 Å². The highest BCUT2D eigenvalue weighted by Gasteiger charge is 2.22. The van der Waals surface area contributed by atoms with Crippen LogP contribution in [0, 0.1) is 0 Å². The normalized spacial score (nSPS) is 13.3. The monoisotopic (exact) mass is 572 g/mol. The molecular weight excluding hydrogens is 540 g/mol. The number of aromatic nitrogens is 2. The molecule has 2 heterocycles. The van der Waals surface area contributed by atoms with Gasteiger partial charge >= 0.3 is 6.16 Å². The Morgan fingerprint density at radius 1 is 0.860 bits per heavy atom. The van der Waals surface area contributed by atoms with Gasteiger partial charge in [-0.15, -0.1) is 0 Å². The number of nitrogens with zero attached hydrogens (tertiary/aromatic N) is 4. The van der Waals surface area contributed by atoms with Gasteiger partial charge in [-0.05, 0) is 46.9 Å². The van der Waals surface area contributed by atoms with E-state index in [0.717, 1.165) is 57.7 Å². The van der Waals surface area contributed by atoms with Crippen LogP contribution in [0.2, 0.25) is 0 Å². The van der Waals surface area contributed by atoms with Crippen LogP contribution in [0.5, 0.6) is 5.75 Å². The molecule has 5 aromatic rings. The fourth-order valence-electron chi connectivity index (χ4n) is 5.49. The molecule has 0 fully saturated rings. The van der Waals surface area contributed by atoms with Crippen LogP contribution < -0.4 is 4.74 Å². The summed E-state index contributed by atoms with van der Waals surface area (Å²) in [6.07, 6.45) is 1.51. The van der Waals surface area contributed by atoms with E-state index in [0.29, 0.717) is 37.2 Å². The summed E-state index contributed by atoms with van der Waals surface area (Å²) in [6.45, 7) is 3.23. The smallest absolute Gasteiger partial charge is 0.449 e. The molecule has 0 saturated carbocycles. The third kappa shape index (κ3) is 6.18. The van der Waals surface area contributed by atoms with Crippen molar-refractivity contribution in [1.82, 2.24) is 14.6 Å². The predicted octanol–water partition coefficient (Wildman–Crippen LogP) is 7.29. The molecule has 0 atom stereocenters. The molecule has 1 aromatic heterocycles. The first-order valence-electron chi connectivity index (χ1n) is 14.5. The third-order valence-corrected chi connectivity index (χ3v) is 7.60. The number of ether oxygens (including phenoxy) is 1. The number of rotatable bonds is 9. The molecule has 216 valence electrons. The van der Waals surface area contributed by atoms with E-state index in [1.54, 1.807) is 17.1 Å². The Hall–Kier alpha value is -5.24. The maximum atomic E-state index is 12.7. The van der Waals surface area contributed by atoms with Gasteiger partial charge in [0.05, 0.1) is 23.3 Å². The highest BCUT2D eigenvalue weighted by atomic mass is 16.7. The summed E-state index contributed by atoms with van der Waals surface area (Å²) >= 11 is 0. The number of aryl methyl sites for hydroxylation is 1. The predicted molar refractivity (Wildman–Crippen MR) is 166 cm³/mol. The average molecular weight is 573 g/mol. The van der Waals surface area contributed by atoms with Crippen molar-refractivity contribution in [3.8, 4) is 16.9 Å². The second-order valence-corrected chi connectivity index (χ2v) is 10.6. The van der Waals surface area contributed by atoms with Crippen molar-refractivity contribution in [3.05, 3.63) is 120 Å². The van der Waals surface area contributed by atoms with Gasteiger partial charge in [-0.2, -0.15) is 5.10 Å². The molecule has 8 heteroatoms. The van der Waals surface area contributed by atoms with Crippen molar-refractivity contribution < 1.29 is 19.4 Å². The van der Waals surface area contributed by atoms with Crippen molar-refractivity contribution in [2.75, 3.05) is 0 Å². The van der Waals surface area contributed by atoms with E-state index in [9.17, 15) is 9.59 Å². The van der Waals surface area contributed by atoms with Gasteiger partial charge in [0.15, 0.2) is 0 Å². The van der Waals surface area contributed by atoms with Crippen LogP contribution in [-0.2, 0) is 24.3 Å². The summed E-state index contributed by atoms with van der Waals surface area (Å²) in [5, 5.41) is 15.5. The number of para-hydroxylation sites is 1. The number of hydrogen-bond acceptors (Lipinski definition) is 5. The maximum Gasteiger partial charge on any atom is 0.511 e. The molecule has 1 aliphatic heterocycles. The van der Waals surface area contributed by atoms with Crippen molar-refractivity contribution in [2.45, 2.75) is 45.7 Å². The Morgan fingerprint density at radius 3 is 2.35 bits per heavy atom. The topological polar surface area (TPSA) is 97.0 Å². The fourth-order valence-corrected chi connectivity index (χ4v) is 5.49. The standard InChI is InChI=1S/C35H32N4O4/c1-2-8-33-36-30-18-17-27(29-19-20-34(40)39(37-29)23-24-9-4-3-5-10-24)21-31(30)38(33)22-25-13-15-26(16-14-25)28-11-6-7-12-32(28)43-35(41)42/h3-7,9-18,21H,2,8,19-20,22-23H2,1H3,(H,41,42). The summed E-state index contributed by atoms with van der Waals surface area (Å²) in [5.74, 6) is 1.35. The molecule has 6 rings (SSSR count). The molecule has 4 aromatic carbocycles. The number of fused-ring (bicyclic) bond motifs is 1. The van der Waals surface area contributed by atoms with E-state index in [1.165, 1.54) is 0 Å². The summed E-state index contributed by atoms with van der Waals surface area (Å²) in [7, 11) is 0. The summed E-state index contributed by atoms with van der Waals surface area (Å²) < 4.78 is 7.24. The lowest BCUT2D eigenvalue weighted by molar-refractivity contribution is -0.132. The molecular formula is C35H32N4O4. The molecule has 0 unspecified atom stereocenters. The minimum Gasteiger partial charge on any atom is -0.449 e. The largest absolute Gasteiger partial charge is 0.511 e.